The van der Waals surface area contributed by atoms with Crippen LogP contribution in [0.4, 0.5) is 0 Å². The van der Waals surface area contributed by atoms with Crippen LogP contribution in [0.2, 0.25) is 0 Å². The minimum absolute atomic E-state index is 0.0482. The van der Waals surface area contributed by atoms with Crippen LogP contribution in [0.25, 0.3) is 5.78 Å². The van der Waals surface area contributed by atoms with E-state index in [2.05, 4.69) is 16.0 Å². The summed E-state index contributed by atoms with van der Waals surface area (Å²) in [5.74, 6) is 0.187. The predicted molar refractivity (Wildman–Crippen MR) is 95.5 cm³/mol. The fraction of sp³-hybridized carbons (Fsp3) is 0.263. The lowest BCUT2D eigenvalue weighted by molar-refractivity contribution is -0.135. The van der Waals surface area contributed by atoms with Crippen molar-refractivity contribution >= 4 is 17.6 Å². The first-order valence-electron chi connectivity index (χ1n) is 8.52. The minimum atomic E-state index is -0.237. The Kier molecular flexibility index (Phi) is 4.12. The number of aryl methyl sites for hydroxylation is 1. The van der Waals surface area contributed by atoms with Crippen molar-refractivity contribution in [3.8, 4) is 0 Å². The molecular weight excluding hydrogens is 330 g/mol. The summed E-state index contributed by atoms with van der Waals surface area (Å²) in [6, 6.07) is 9.89. The molecule has 4 rings (SSSR count). The zero-order chi connectivity index (χ0) is 18.1. The molecule has 0 radical (unpaired) electrons. The number of benzene rings is 1. The first-order valence-corrected chi connectivity index (χ1v) is 8.52. The van der Waals surface area contributed by atoms with Crippen LogP contribution in [-0.2, 0) is 11.3 Å². The number of amides is 2. The van der Waals surface area contributed by atoms with Crippen LogP contribution < -0.4 is 0 Å². The molecule has 1 saturated heterocycles. The lowest BCUT2D eigenvalue weighted by Crippen LogP contribution is -2.51. The summed E-state index contributed by atoms with van der Waals surface area (Å²) in [6.07, 6.45) is 5.06. The van der Waals surface area contributed by atoms with Crippen LogP contribution >= 0.6 is 0 Å². The van der Waals surface area contributed by atoms with Gasteiger partial charge in [-0.05, 0) is 18.6 Å². The molecule has 1 aliphatic heterocycles. The van der Waals surface area contributed by atoms with Gasteiger partial charge in [0.1, 0.15) is 12.2 Å². The molecule has 3 aromatic rings. The molecule has 0 bridgehead atoms. The monoisotopic (exact) mass is 349 g/mol. The van der Waals surface area contributed by atoms with Crippen molar-refractivity contribution in [1.82, 2.24) is 24.2 Å². The van der Waals surface area contributed by atoms with E-state index in [4.69, 9.17) is 0 Å². The smallest absolute Gasteiger partial charge is 0.274 e. The van der Waals surface area contributed by atoms with E-state index in [1.54, 1.807) is 38.9 Å². The number of imidazole rings is 1. The number of hydrogen-bond donors (Lipinski definition) is 0. The van der Waals surface area contributed by atoms with E-state index < -0.39 is 0 Å². The Morgan fingerprint density at radius 2 is 2.12 bits per heavy atom. The molecule has 1 aromatic carbocycles. The van der Waals surface area contributed by atoms with Crippen LogP contribution in [-0.4, -0.2) is 55.6 Å². The van der Waals surface area contributed by atoms with Gasteiger partial charge in [0.15, 0.2) is 0 Å². The molecule has 0 atom stereocenters. The molecule has 7 nitrogen and oxygen atoms in total. The zero-order valence-electron chi connectivity index (χ0n) is 14.5. The first-order chi connectivity index (χ1) is 12.6. The van der Waals surface area contributed by atoms with E-state index >= 15 is 0 Å². The van der Waals surface area contributed by atoms with Crippen molar-refractivity contribution in [3.05, 3.63) is 65.7 Å². The Labute approximate surface area is 150 Å². The van der Waals surface area contributed by atoms with Crippen LogP contribution in [0.3, 0.4) is 0 Å². The standard InChI is InChI=1S/C19H19N5O2/c1-14-4-2-5-15(10-14)11-22-8-9-23(13-17(22)25)18(26)16-12-24-7-3-6-20-19(24)21-16/h2-7,10,12H,8-9,11,13H2,1H3. The molecule has 0 saturated carbocycles. The lowest BCUT2D eigenvalue weighted by atomic mass is 10.1. The van der Waals surface area contributed by atoms with Gasteiger partial charge < -0.3 is 9.80 Å². The highest BCUT2D eigenvalue weighted by molar-refractivity contribution is 5.95. The molecule has 3 heterocycles. The molecular formula is C19H19N5O2. The van der Waals surface area contributed by atoms with Gasteiger partial charge in [0.25, 0.3) is 5.91 Å². The molecule has 2 amide bonds. The SMILES string of the molecule is Cc1cccc(CN2CCN(C(=O)c3cn4cccnc4n3)CC2=O)c1. The maximum absolute atomic E-state index is 12.7. The Bertz CT molecular complexity index is 948. The number of carbonyl (C=O) groups excluding carboxylic acids is 2. The molecule has 2 aromatic heterocycles. The maximum atomic E-state index is 12.7. The largest absolute Gasteiger partial charge is 0.335 e. The third-order valence-corrected chi connectivity index (χ3v) is 4.52. The first kappa shape index (κ1) is 16.3. The molecule has 0 spiro atoms. The topological polar surface area (TPSA) is 70.8 Å². The summed E-state index contributed by atoms with van der Waals surface area (Å²) >= 11 is 0. The van der Waals surface area contributed by atoms with Gasteiger partial charge in [0.2, 0.25) is 11.7 Å². The van der Waals surface area contributed by atoms with Crippen molar-refractivity contribution in [3.63, 3.8) is 0 Å². The Hall–Kier alpha value is -3.22. The second kappa shape index (κ2) is 6.59. The van der Waals surface area contributed by atoms with Crippen LogP contribution in [0.15, 0.2) is 48.9 Å². The van der Waals surface area contributed by atoms with Crippen LogP contribution in [0, 0.1) is 6.92 Å². The van der Waals surface area contributed by atoms with Crippen molar-refractivity contribution < 1.29 is 9.59 Å². The molecule has 0 unspecified atom stereocenters. The predicted octanol–water partition coefficient (Wildman–Crippen LogP) is 1.52. The lowest BCUT2D eigenvalue weighted by Gasteiger charge is -2.34. The zero-order valence-corrected chi connectivity index (χ0v) is 14.5. The third-order valence-electron chi connectivity index (χ3n) is 4.52. The van der Waals surface area contributed by atoms with Crippen molar-refractivity contribution in [2.24, 2.45) is 0 Å². The summed E-state index contributed by atoms with van der Waals surface area (Å²) in [5.41, 5.74) is 2.58. The molecule has 0 aliphatic carbocycles. The summed E-state index contributed by atoms with van der Waals surface area (Å²) in [4.78, 5) is 36.9. The van der Waals surface area contributed by atoms with E-state index in [1.807, 2.05) is 25.1 Å². The molecule has 7 heteroatoms. The second-order valence-electron chi connectivity index (χ2n) is 6.48. The number of piperazine rings is 1. The molecule has 1 fully saturated rings. The highest BCUT2D eigenvalue weighted by Crippen LogP contribution is 2.13. The Morgan fingerprint density at radius 3 is 2.88 bits per heavy atom. The van der Waals surface area contributed by atoms with Gasteiger partial charge in [-0.1, -0.05) is 29.8 Å². The summed E-state index contributed by atoms with van der Waals surface area (Å²) in [5, 5.41) is 0. The molecule has 26 heavy (non-hydrogen) atoms. The Morgan fingerprint density at radius 1 is 1.23 bits per heavy atom. The number of nitrogens with zero attached hydrogens (tertiary/aromatic N) is 5. The number of rotatable bonds is 3. The van der Waals surface area contributed by atoms with E-state index in [0.29, 0.717) is 31.1 Å². The Balaban J connectivity index is 1.44. The van der Waals surface area contributed by atoms with Crippen molar-refractivity contribution in [2.75, 3.05) is 19.6 Å². The average molecular weight is 349 g/mol. The van der Waals surface area contributed by atoms with Gasteiger partial charge >= 0.3 is 0 Å². The van der Waals surface area contributed by atoms with E-state index in [9.17, 15) is 9.59 Å². The molecule has 132 valence electrons. The normalized spacial score (nSPS) is 14.9. The summed E-state index contributed by atoms with van der Waals surface area (Å²) < 4.78 is 1.70. The number of aromatic nitrogens is 3. The molecule has 1 aliphatic rings. The summed E-state index contributed by atoms with van der Waals surface area (Å²) in [7, 11) is 0. The highest BCUT2D eigenvalue weighted by Gasteiger charge is 2.29. The fourth-order valence-electron chi connectivity index (χ4n) is 3.17. The van der Waals surface area contributed by atoms with Gasteiger partial charge in [-0.15, -0.1) is 0 Å². The second-order valence-corrected chi connectivity index (χ2v) is 6.48. The van der Waals surface area contributed by atoms with E-state index in [-0.39, 0.29) is 18.4 Å². The summed E-state index contributed by atoms with van der Waals surface area (Å²) in [6.45, 7) is 3.69. The number of carbonyl (C=O) groups is 2. The average Bonchev–Trinajstić information content (AvgIpc) is 3.07. The minimum Gasteiger partial charge on any atom is -0.335 e. The van der Waals surface area contributed by atoms with Gasteiger partial charge in [0.05, 0.1) is 0 Å². The highest BCUT2D eigenvalue weighted by atomic mass is 16.2. The van der Waals surface area contributed by atoms with E-state index in [0.717, 1.165) is 5.56 Å². The van der Waals surface area contributed by atoms with Crippen molar-refractivity contribution in [2.45, 2.75) is 13.5 Å². The number of fused-ring (bicyclic) bond motifs is 1. The molecule has 0 N–H and O–H groups in total. The quantitative estimate of drug-likeness (QED) is 0.719. The van der Waals surface area contributed by atoms with Crippen molar-refractivity contribution in [1.29, 1.82) is 0 Å². The van der Waals surface area contributed by atoms with Crippen LogP contribution in [0.5, 0.6) is 0 Å². The van der Waals surface area contributed by atoms with E-state index in [1.165, 1.54) is 5.56 Å². The van der Waals surface area contributed by atoms with Crippen LogP contribution in [0.1, 0.15) is 21.6 Å². The van der Waals surface area contributed by atoms with Gasteiger partial charge in [0, 0.05) is 38.2 Å². The number of hydrogen-bond acceptors (Lipinski definition) is 4. The van der Waals surface area contributed by atoms with Gasteiger partial charge in [-0.2, -0.15) is 0 Å². The van der Waals surface area contributed by atoms with Gasteiger partial charge in [-0.3, -0.25) is 14.0 Å². The maximum Gasteiger partial charge on any atom is 0.274 e. The third kappa shape index (κ3) is 3.15. The fourth-order valence-corrected chi connectivity index (χ4v) is 3.17. The van der Waals surface area contributed by atoms with Gasteiger partial charge in [-0.25, -0.2) is 9.97 Å².